The number of nitrogens with one attached hydrogen (secondary N) is 1. The van der Waals surface area contributed by atoms with Gasteiger partial charge in [0.05, 0.1) is 12.3 Å². The van der Waals surface area contributed by atoms with Crippen molar-refractivity contribution in [1.82, 2.24) is 0 Å². The molecule has 0 aliphatic rings. The normalized spacial score (nSPS) is 11.6. The number of anilines is 1. The predicted octanol–water partition coefficient (Wildman–Crippen LogP) is 4.02. The minimum atomic E-state index is -0.753. The van der Waals surface area contributed by atoms with E-state index in [1.807, 2.05) is 6.92 Å². The Hall–Kier alpha value is -2.56. The van der Waals surface area contributed by atoms with Gasteiger partial charge in [0.1, 0.15) is 17.3 Å². The molecule has 0 aliphatic carbocycles. The molecule has 1 atom stereocenters. The van der Waals surface area contributed by atoms with Gasteiger partial charge in [0.15, 0.2) is 6.10 Å². The first-order valence-corrected chi connectivity index (χ1v) is 7.55. The number of ether oxygens (including phenoxy) is 2. The smallest absolute Gasteiger partial charge is 0.265 e. The molecule has 0 saturated carbocycles. The molecular formula is C18H20FNO3. The number of rotatable bonds is 7. The first kappa shape index (κ1) is 16.8. The van der Waals surface area contributed by atoms with Gasteiger partial charge in [0.25, 0.3) is 5.91 Å². The Morgan fingerprint density at radius 3 is 2.43 bits per heavy atom. The highest BCUT2D eigenvalue weighted by Gasteiger charge is 2.16. The summed E-state index contributed by atoms with van der Waals surface area (Å²) >= 11 is 0. The Balaban J connectivity index is 1.91. The average molecular weight is 317 g/mol. The number of para-hydroxylation sites is 1. The molecule has 5 heteroatoms. The topological polar surface area (TPSA) is 47.6 Å². The van der Waals surface area contributed by atoms with Crippen LogP contribution in [0.5, 0.6) is 11.5 Å². The molecule has 1 amide bonds. The molecule has 0 bridgehead atoms. The highest BCUT2D eigenvalue weighted by atomic mass is 19.1. The number of halogens is 1. The van der Waals surface area contributed by atoms with Crippen LogP contribution in [0.2, 0.25) is 0 Å². The monoisotopic (exact) mass is 317 g/mol. The number of amides is 1. The third kappa shape index (κ3) is 4.98. The van der Waals surface area contributed by atoms with E-state index in [2.05, 4.69) is 5.32 Å². The van der Waals surface area contributed by atoms with Gasteiger partial charge in [-0.3, -0.25) is 4.79 Å². The largest absolute Gasteiger partial charge is 0.494 e. The van der Waals surface area contributed by atoms with E-state index in [0.29, 0.717) is 12.4 Å². The van der Waals surface area contributed by atoms with E-state index < -0.39 is 17.8 Å². The summed E-state index contributed by atoms with van der Waals surface area (Å²) in [6.45, 7) is 4.30. The zero-order valence-electron chi connectivity index (χ0n) is 13.2. The minimum absolute atomic E-state index is 0.135. The standard InChI is InChI=1S/C18H20FNO3/c1-3-12-22-14-8-10-15(11-9-14)23-13(2)18(21)20-17-7-5-4-6-16(17)19/h4-11,13H,3,12H2,1-2H3,(H,20,21). The van der Waals surface area contributed by atoms with Gasteiger partial charge in [-0.15, -0.1) is 0 Å². The van der Waals surface area contributed by atoms with Crippen LogP contribution in [-0.4, -0.2) is 18.6 Å². The molecule has 2 aromatic carbocycles. The molecule has 0 heterocycles. The van der Waals surface area contributed by atoms with Gasteiger partial charge < -0.3 is 14.8 Å². The first-order chi connectivity index (χ1) is 11.1. The van der Waals surface area contributed by atoms with E-state index in [0.717, 1.165) is 12.2 Å². The van der Waals surface area contributed by atoms with Crippen LogP contribution in [0.3, 0.4) is 0 Å². The fourth-order valence-electron chi connectivity index (χ4n) is 1.89. The highest BCUT2D eigenvalue weighted by molar-refractivity contribution is 5.94. The summed E-state index contributed by atoms with van der Waals surface area (Å²) in [5, 5.41) is 2.51. The van der Waals surface area contributed by atoms with Crippen molar-refractivity contribution in [3.8, 4) is 11.5 Å². The fraction of sp³-hybridized carbons (Fsp3) is 0.278. The lowest BCUT2D eigenvalue weighted by Gasteiger charge is -2.15. The third-order valence-corrected chi connectivity index (χ3v) is 3.11. The van der Waals surface area contributed by atoms with Gasteiger partial charge >= 0.3 is 0 Å². The quantitative estimate of drug-likeness (QED) is 0.839. The maximum atomic E-state index is 13.5. The van der Waals surface area contributed by atoms with Gasteiger partial charge in [-0.1, -0.05) is 19.1 Å². The van der Waals surface area contributed by atoms with E-state index >= 15 is 0 Å². The summed E-state index contributed by atoms with van der Waals surface area (Å²) in [6, 6.07) is 13.0. The summed E-state index contributed by atoms with van der Waals surface area (Å²) in [5.41, 5.74) is 0.135. The molecule has 2 aromatic rings. The lowest BCUT2D eigenvalue weighted by atomic mass is 10.2. The molecule has 0 fully saturated rings. The predicted molar refractivity (Wildman–Crippen MR) is 87.3 cm³/mol. The molecule has 2 rings (SSSR count). The molecule has 0 aromatic heterocycles. The molecule has 23 heavy (non-hydrogen) atoms. The highest BCUT2D eigenvalue weighted by Crippen LogP contribution is 2.19. The Labute approximate surface area is 135 Å². The maximum Gasteiger partial charge on any atom is 0.265 e. The second kappa shape index (κ2) is 8.17. The SMILES string of the molecule is CCCOc1ccc(OC(C)C(=O)Nc2ccccc2F)cc1. The molecule has 0 radical (unpaired) electrons. The Morgan fingerprint density at radius 1 is 1.13 bits per heavy atom. The Morgan fingerprint density at radius 2 is 1.78 bits per heavy atom. The maximum absolute atomic E-state index is 13.5. The zero-order chi connectivity index (χ0) is 16.7. The average Bonchev–Trinajstić information content (AvgIpc) is 2.56. The van der Waals surface area contributed by atoms with E-state index in [4.69, 9.17) is 9.47 Å². The summed E-state index contributed by atoms with van der Waals surface area (Å²) in [5.74, 6) is 0.402. The summed E-state index contributed by atoms with van der Waals surface area (Å²) in [7, 11) is 0. The number of benzene rings is 2. The van der Waals surface area contributed by atoms with E-state index in [9.17, 15) is 9.18 Å². The zero-order valence-corrected chi connectivity index (χ0v) is 13.2. The van der Waals surface area contributed by atoms with Crippen LogP contribution in [0.25, 0.3) is 0 Å². The van der Waals surface area contributed by atoms with Crippen LogP contribution < -0.4 is 14.8 Å². The number of carbonyl (C=O) groups is 1. The third-order valence-electron chi connectivity index (χ3n) is 3.11. The Bertz CT molecular complexity index is 643. The van der Waals surface area contributed by atoms with E-state index in [1.54, 1.807) is 43.3 Å². The van der Waals surface area contributed by atoms with E-state index in [-0.39, 0.29) is 5.69 Å². The van der Waals surface area contributed by atoms with E-state index in [1.165, 1.54) is 12.1 Å². The van der Waals surface area contributed by atoms with Gasteiger partial charge in [0, 0.05) is 0 Å². The molecule has 0 spiro atoms. The molecule has 1 N–H and O–H groups in total. The van der Waals surface area contributed by atoms with Crippen molar-refractivity contribution >= 4 is 11.6 Å². The minimum Gasteiger partial charge on any atom is -0.494 e. The molecule has 1 unspecified atom stereocenters. The molecule has 0 aliphatic heterocycles. The first-order valence-electron chi connectivity index (χ1n) is 7.55. The number of hydrogen-bond donors (Lipinski definition) is 1. The number of hydrogen-bond acceptors (Lipinski definition) is 3. The van der Waals surface area contributed by atoms with Crippen molar-refractivity contribution in [1.29, 1.82) is 0 Å². The Kier molecular flexibility index (Phi) is 5.97. The lowest BCUT2D eigenvalue weighted by Crippen LogP contribution is -2.30. The molecule has 0 saturated heterocycles. The lowest BCUT2D eigenvalue weighted by molar-refractivity contribution is -0.122. The van der Waals surface area contributed by atoms with Crippen LogP contribution in [0.1, 0.15) is 20.3 Å². The second-order valence-electron chi connectivity index (χ2n) is 5.05. The van der Waals surface area contributed by atoms with Crippen molar-refractivity contribution in [2.24, 2.45) is 0 Å². The summed E-state index contributed by atoms with van der Waals surface area (Å²) in [4.78, 5) is 12.0. The van der Waals surface area contributed by atoms with Crippen LogP contribution in [0.15, 0.2) is 48.5 Å². The van der Waals surface area contributed by atoms with Crippen LogP contribution in [0.4, 0.5) is 10.1 Å². The van der Waals surface area contributed by atoms with Crippen molar-refractivity contribution in [2.45, 2.75) is 26.4 Å². The summed E-state index contributed by atoms with van der Waals surface area (Å²) < 4.78 is 24.6. The van der Waals surface area contributed by atoms with Crippen molar-refractivity contribution in [3.63, 3.8) is 0 Å². The summed E-state index contributed by atoms with van der Waals surface area (Å²) in [6.07, 6.45) is 0.183. The van der Waals surface area contributed by atoms with Crippen molar-refractivity contribution in [2.75, 3.05) is 11.9 Å². The molecule has 4 nitrogen and oxygen atoms in total. The van der Waals surface area contributed by atoms with Gasteiger partial charge in [-0.25, -0.2) is 4.39 Å². The van der Waals surface area contributed by atoms with Gasteiger partial charge in [0.2, 0.25) is 0 Å². The number of carbonyl (C=O) groups excluding carboxylic acids is 1. The second-order valence-corrected chi connectivity index (χ2v) is 5.05. The van der Waals surface area contributed by atoms with Crippen LogP contribution >= 0.6 is 0 Å². The molecule has 122 valence electrons. The van der Waals surface area contributed by atoms with Crippen LogP contribution in [-0.2, 0) is 4.79 Å². The van der Waals surface area contributed by atoms with Crippen LogP contribution in [0, 0.1) is 5.82 Å². The van der Waals surface area contributed by atoms with Crippen molar-refractivity contribution in [3.05, 3.63) is 54.3 Å². The van der Waals surface area contributed by atoms with Gasteiger partial charge in [-0.2, -0.15) is 0 Å². The van der Waals surface area contributed by atoms with Crippen molar-refractivity contribution < 1.29 is 18.7 Å². The molecular weight excluding hydrogens is 297 g/mol. The fourth-order valence-corrected chi connectivity index (χ4v) is 1.89. The van der Waals surface area contributed by atoms with Gasteiger partial charge in [-0.05, 0) is 49.7 Å².